The maximum Gasteiger partial charge on any atom is 0.303 e. The summed E-state index contributed by atoms with van der Waals surface area (Å²) in [4.78, 5) is 12.8. The number of carboxylic acids is 1. The van der Waals surface area contributed by atoms with E-state index in [2.05, 4.69) is 4.90 Å². The topological polar surface area (TPSA) is 40.5 Å². The van der Waals surface area contributed by atoms with Crippen molar-refractivity contribution in [1.29, 1.82) is 0 Å². The first-order valence-corrected chi connectivity index (χ1v) is 4.44. The third-order valence-corrected chi connectivity index (χ3v) is 2.23. The largest absolute Gasteiger partial charge is 0.481 e. The second-order valence-corrected chi connectivity index (χ2v) is 4.36. The highest BCUT2D eigenvalue weighted by atomic mass is 16.4. The maximum atomic E-state index is 10.5. The molecule has 0 atom stereocenters. The third kappa shape index (κ3) is 2.81. The Balaban J connectivity index is 2.30. The molecule has 3 nitrogen and oxygen atoms in total. The Hall–Kier alpha value is -0.570. The zero-order valence-corrected chi connectivity index (χ0v) is 7.84. The Morgan fingerprint density at radius 3 is 2.42 bits per heavy atom. The fraction of sp³-hybridized carbons (Fsp3) is 0.889. The summed E-state index contributed by atoms with van der Waals surface area (Å²) in [5.41, 5.74) is -0.0771. The van der Waals surface area contributed by atoms with Gasteiger partial charge < -0.3 is 10.0 Å². The van der Waals surface area contributed by atoms with Gasteiger partial charge in [0.25, 0.3) is 0 Å². The van der Waals surface area contributed by atoms with E-state index in [-0.39, 0.29) is 11.8 Å². The van der Waals surface area contributed by atoms with E-state index in [4.69, 9.17) is 5.11 Å². The van der Waals surface area contributed by atoms with Crippen molar-refractivity contribution in [2.45, 2.75) is 26.7 Å². The van der Waals surface area contributed by atoms with Crippen molar-refractivity contribution in [3.8, 4) is 0 Å². The average molecular weight is 171 g/mol. The third-order valence-electron chi connectivity index (χ3n) is 2.23. The molecule has 1 N–H and O–H groups in total. The van der Waals surface area contributed by atoms with Crippen LogP contribution in [0.2, 0.25) is 0 Å². The summed E-state index contributed by atoms with van der Waals surface area (Å²) in [5.74, 6) is -0.694. The predicted molar refractivity (Wildman–Crippen MR) is 47.1 cm³/mol. The van der Waals surface area contributed by atoms with E-state index >= 15 is 0 Å². The zero-order chi connectivity index (χ0) is 9.19. The molecular formula is C9H17NO2. The molecule has 0 aliphatic carbocycles. The highest BCUT2D eigenvalue weighted by Crippen LogP contribution is 2.24. The Labute approximate surface area is 73.4 Å². The van der Waals surface area contributed by atoms with Crippen LogP contribution in [0.5, 0.6) is 0 Å². The molecule has 1 saturated heterocycles. The number of hydrogen-bond acceptors (Lipinski definition) is 2. The number of hydrogen-bond donors (Lipinski definition) is 1. The van der Waals surface area contributed by atoms with Crippen molar-refractivity contribution in [1.82, 2.24) is 4.90 Å². The molecule has 70 valence electrons. The molecule has 12 heavy (non-hydrogen) atoms. The van der Waals surface area contributed by atoms with Crippen LogP contribution in [0, 0.1) is 5.41 Å². The van der Waals surface area contributed by atoms with Gasteiger partial charge >= 0.3 is 5.97 Å². The smallest absolute Gasteiger partial charge is 0.303 e. The lowest BCUT2D eigenvalue weighted by Gasteiger charge is -2.37. The van der Waals surface area contributed by atoms with E-state index in [0.29, 0.717) is 0 Å². The lowest BCUT2D eigenvalue weighted by atomic mass is 9.88. The van der Waals surface area contributed by atoms with Crippen LogP contribution in [0.15, 0.2) is 0 Å². The molecule has 1 aliphatic rings. The molecule has 1 fully saturated rings. The summed E-state index contributed by atoms with van der Waals surface area (Å²) in [7, 11) is 0. The normalized spacial score (nSPS) is 18.8. The Bertz CT molecular complexity index is 173. The zero-order valence-electron chi connectivity index (χ0n) is 7.84. The van der Waals surface area contributed by atoms with E-state index in [1.807, 2.05) is 13.8 Å². The molecule has 3 heteroatoms. The van der Waals surface area contributed by atoms with Gasteiger partial charge in [-0.1, -0.05) is 13.8 Å². The van der Waals surface area contributed by atoms with Crippen molar-refractivity contribution >= 4 is 5.97 Å². The molecule has 0 unspecified atom stereocenters. The standard InChI is InChI=1S/C9H17NO2/c1-9(2,6-8(11)12)7-10-4-3-5-10/h3-7H2,1-2H3,(H,11,12). The van der Waals surface area contributed by atoms with Crippen molar-refractivity contribution in [3.05, 3.63) is 0 Å². The van der Waals surface area contributed by atoms with Crippen LogP contribution >= 0.6 is 0 Å². The van der Waals surface area contributed by atoms with E-state index in [1.165, 1.54) is 6.42 Å². The molecule has 1 aliphatic heterocycles. The summed E-state index contributed by atoms with van der Waals surface area (Å²) >= 11 is 0. The number of carboxylic acid groups (broad SMARTS) is 1. The Morgan fingerprint density at radius 1 is 1.50 bits per heavy atom. The van der Waals surface area contributed by atoms with Crippen LogP contribution in [0.1, 0.15) is 26.7 Å². The molecule has 0 amide bonds. The molecule has 0 saturated carbocycles. The molecule has 0 aromatic carbocycles. The monoisotopic (exact) mass is 171 g/mol. The van der Waals surface area contributed by atoms with Gasteiger partial charge in [-0.15, -0.1) is 0 Å². The number of rotatable bonds is 4. The van der Waals surface area contributed by atoms with Crippen LogP contribution < -0.4 is 0 Å². The minimum Gasteiger partial charge on any atom is -0.481 e. The Morgan fingerprint density at radius 2 is 2.08 bits per heavy atom. The van der Waals surface area contributed by atoms with Gasteiger partial charge in [-0.25, -0.2) is 0 Å². The highest BCUT2D eigenvalue weighted by Gasteiger charge is 2.27. The van der Waals surface area contributed by atoms with E-state index in [0.717, 1.165) is 19.6 Å². The summed E-state index contributed by atoms with van der Waals surface area (Å²) < 4.78 is 0. The molecule has 0 aromatic rings. The predicted octanol–water partition coefficient (Wildman–Crippen LogP) is 1.19. The van der Waals surface area contributed by atoms with Crippen LogP contribution in [-0.2, 0) is 4.79 Å². The van der Waals surface area contributed by atoms with E-state index in [9.17, 15) is 4.79 Å². The number of nitrogens with zero attached hydrogens (tertiary/aromatic N) is 1. The molecule has 0 radical (unpaired) electrons. The van der Waals surface area contributed by atoms with Crippen LogP contribution in [-0.4, -0.2) is 35.6 Å². The molecule has 0 bridgehead atoms. The van der Waals surface area contributed by atoms with Gasteiger partial charge in [-0.2, -0.15) is 0 Å². The van der Waals surface area contributed by atoms with Gasteiger partial charge in [0.2, 0.25) is 0 Å². The van der Waals surface area contributed by atoms with Crippen molar-refractivity contribution in [2.75, 3.05) is 19.6 Å². The van der Waals surface area contributed by atoms with Crippen molar-refractivity contribution < 1.29 is 9.90 Å². The highest BCUT2D eigenvalue weighted by molar-refractivity contribution is 5.67. The van der Waals surface area contributed by atoms with Crippen molar-refractivity contribution in [3.63, 3.8) is 0 Å². The first-order valence-electron chi connectivity index (χ1n) is 4.44. The summed E-state index contributed by atoms with van der Waals surface area (Å²) in [6.07, 6.45) is 1.53. The lowest BCUT2D eigenvalue weighted by Crippen LogP contribution is -2.43. The van der Waals surface area contributed by atoms with Crippen molar-refractivity contribution in [2.24, 2.45) is 5.41 Å². The fourth-order valence-corrected chi connectivity index (χ4v) is 1.61. The quantitative estimate of drug-likeness (QED) is 0.690. The molecule has 0 spiro atoms. The minimum absolute atomic E-state index is 0.0771. The summed E-state index contributed by atoms with van der Waals surface area (Å²) in [6.45, 7) is 7.23. The second kappa shape index (κ2) is 3.44. The van der Waals surface area contributed by atoms with Gasteiger partial charge in [0.15, 0.2) is 0 Å². The number of likely N-dealkylation sites (tertiary alicyclic amines) is 1. The molecule has 1 rings (SSSR count). The van der Waals surface area contributed by atoms with E-state index < -0.39 is 5.97 Å². The minimum atomic E-state index is -0.694. The number of carbonyl (C=O) groups is 1. The SMILES string of the molecule is CC(C)(CC(=O)O)CN1CCC1. The van der Waals surface area contributed by atoms with Gasteiger partial charge in [-0.3, -0.25) is 4.79 Å². The summed E-state index contributed by atoms with van der Waals surface area (Å²) in [6, 6.07) is 0. The maximum absolute atomic E-state index is 10.5. The summed E-state index contributed by atoms with van der Waals surface area (Å²) in [5, 5.41) is 8.63. The average Bonchev–Trinajstić information content (AvgIpc) is 1.76. The van der Waals surface area contributed by atoms with Crippen LogP contribution in [0.25, 0.3) is 0 Å². The molecule has 1 heterocycles. The van der Waals surface area contributed by atoms with Gasteiger partial charge in [-0.05, 0) is 24.9 Å². The lowest BCUT2D eigenvalue weighted by molar-refractivity contribution is -0.139. The fourth-order valence-electron chi connectivity index (χ4n) is 1.61. The molecular weight excluding hydrogens is 154 g/mol. The van der Waals surface area contributed by atoms with Gasteiger partial charge in [0, 0.05) is 6.54 Å². The van der Waals surface area contributed by atoms with Gasteiger partial charge in [0.1, 0.15) is 0 Å². The Kier molecular flexibility index (Phi) is 2.73. The second-order valence-electron chi connectivity index (χ2n) is 4.36. The van der Waals surface area contributed by atoms with E-state index in [1.54, 1.807) is 0 Å². The van der Waals surface area contributed by atoms with Crippen LogP contribution in [0.3, 0.4) is 0 Å². The van der Waals surface area contributed by atoms with Gasteiger partial charge in [0.05, 0.1) is 6.42 Å². The number of aliphatic carboxylic acids is 1. The molecule has 0 aromatic heterocycles. The first-order chi connectivity index (χ1) is 5.49. The first kappa shape index (κ1) is 9.52. The van der Waals surface area contributed by atoms with Crippen LogP contribution in [0.4, 0.5) is 0 Å².